The summed E-state index contributed by atoms with van der Waals surface area (Å²) in [7, 11) is 1.66. The number of urea groups is 1. The van der Waals surface area contributed by atoms with Gasteiger partial charge in [0.05, 0.1) is 11.6 Å². The molecule has 0 fully saturated rings. The van der Waals surface area contributed by atoms with Crippen LogP contribution in [0.4, 0.5) is 4.79 Å². The van der Waals surface area contributed by atoms with Gasteiger partial charge in [0, 0.05) is 31.5 Å². The van der Waals surface area contributed by atoms with Gasteiger partial charge in [-0.15, -0.1) is 0 Å². The lowest BCUT2D eigenvalue weighted by Crippen LogP contribution is -2.46. The third-order valence-electron chi connectivity index (χ3n) is 6.12. The molecule has 33 heavy (non-hydrogen) atoms. The molecule has 0 aliphatic carbocycles. The number of carbonyl (C=O) groups is 1. The van der Waals surface area contributed by atoms with Crippen LogP contribution in [0, 0.1) is 20.8 Å². The van der Waals surface area contributed by atoms with Gasteiger partial charge in [0.2, 0.25) is 5.82 Å². The minimum absolute atomic E-state index is 0.144. The summed E-state index contributed by atoms with van der Waals surface area (Å²) >= 11 is 0. The van der Waals surface area contributed by atoms with Gasteiger partial charge in [0.15, 0.2) is 0 Å². The van der Waals surface area contributed by atoms with Gasteiger partial charge in [-0.1, -0.05) is 47.1 Å². The number of nitrogens with one attached hydrogen (secondary N) is 1. The normalized spacial score (nSPS) is 16.3. The summed E-state index contributed by atoms with van der Waals surface area (Å²) in [6.45, 7) is 9.22. The molecule has 1 aliphatic rings. The number of methoxy groups -OCH3 is 1. The average Bonchev–Trinajstić information content (AvgIpc) is 3.27. The van der Waals surface area contributed by atoms with Gasteiger partial charge < -0.3 is 14.6 Å². The highest BCUT2D eigenvalue weighted by molar-refractivity contribution is 5.87. The van der Waals surface area contributed by atoms with E-state index in [0.29, 0.717) is 24.9 Å². The Kier molecular flexibility index (Phi) is 6.60. The molecule has 4 rings (SSSR count). The zero-order valence-electron chi connectivity index (χ0n) is 19.8. The number of nitrogens with zero attached hydrogens (tertiary/aromatic N) is 3. The van der Waals surface area contributed by atoms with Crippen LogP contribution in [0.5, 0.6) is 0 Å². The minimum Gasteiger partial charge on any atom is -0.385 e. The fourth-order valence-corrected chi connectivity index (χ4v) is 4.12. The molecule has 0 bridgehead atoms. The number of allylic oxidation sites excluding steroid dienone is 1. The zero-order valence-corrected chi connectivity index (χ0v) is 19.8. The number of carbonyl (C=O) groups excluding carboxylic acids is 1. The Labute approximate surface area is 194 Å². The van der Waals surface area contributed by atoms with E-state index in [1.54, 1.807) is 12.0 Å². The Morgan fingerprint density at radius 1 is 1.09 bits per heavy atom. The van der Waals surface area contributed by atoms with Gasteiger partial charge in [-0.2, -0.15) is 4.98 Å². The van der Waals surface area contributed by atoms with Crippen LogP contribution in [-0.4, -0.2) is 41.3 Å². The smallest absolute Gasteiger partial charge is 0.322 e. The molecule has 172 valence electrons. The van der Waals surface area contributed by atoms with Crippen molar-refractivity contribution in [3.63, 3.8) is 0 Å². The molecule has 0 saturated heterocycles. The van der Waals surface area contributed by atoms with Crippen molar-refractivity contribution in [2.45, 2.75) is 40.2 Å². The number of amides is 2. The fraction of sp³-hybridized carbons (Fsp3) is 0.346. The maximum absolute atomic E-state index is 13.0. The summed E-state index contributed by atoms with van der Waals surface area (Å²) in [4.78, 5) is 19.5. The van der Waals surface area contributed by atoms with E-state index in [1.807, 2.05) is 44.2 Å². The average molecular weight is 447 g/mol. The quantitative estimate of drug-likeness (QED) is 0.505. The van der Waals surface area contributed by atoms with Gasteiger partial charge in [-0.05, 0) is 56.9 Å². The topological polar surface area (TPSA) is 80.5 Å². The van der Waals surface area contributed by atoms with Crippen LogP contribution in [0.3, 0.4) is 0 Å². The van der Waals surface area contributed by atoms with E-state index < -0.39 is 0 Å². The monoisotopic (exact) mass is 446 g/mol. The molecule has 2 heterocycles. The molecule has 1 atom stereocenters. The van der Waals surface area contributed by atoms with Crippen molar-refractivity contribution in [3.05, 3.63) is 76.3 Å². The van der Waals surface area contributed by atoms with Crippen molar-refractivity contribution in [2.24, 2.45) is 0 Å². The number of hydrogen-bond acceptors (Lipinski definition) is 5. The third-order valence-corrected chi connectivity index (χ3v) is 6.12. The van der Waals surface area contributed by atoms with Crippen LogP contribution in [0.25, 0.3) is 17.0 Å². The number of benzene rings is 2. The van der Waals surface area contributed by atoms with E-state index >= 15 is 0 Å². The molecular formula is C26H30N4O3. The Morgan fingerprint density at radius 2 is 1.91 bits per heavy atom. The van der Waals surface area contributed by atoms with E-state index in [2.05, 4.69) is 36.5 Å². The Hall–Kier alpha value is -3.45. The van der Waals surface area contributed by atoms with Gasteiger partial charge in [-0.3, -0.25) is 4.90 Å². The number of rotatable bonds is 7. The van der Waals surface area contributed by atoms with Crippen LogP contribution < -0.4 is 5.32 Å². The van der Waals surface area contributed by atoms with Crippen molar-refractivity contribution in [3.8, 4) is 11.4 Å². The predicted molar refractivity (Wildman–Crippen MR) is 127 cm³/mol. The largest absolute Gasteiger partial charge is 0.385 e. The molecule has 3 aromatic rings. The first-order chi connectivity index (χ1) is 15.9. The molecule has 1 N–H and O–H groups in total. The molecule has 1 aromatic heterocycles. The van der Waals surface area contributed by atoms with E-state index in [-0.39, 0.29) is 12.1 Å². The molecule has 2 amide bonds. The summed E-state index contributed by atoms with van der Waals surface area (Å²) in [6.07, 6.45) is 0.723. The van der Waals surface area contributed by atoms with Crippen LogP contribution in [-0.2, 0) is 4.74 Å². The molecule has 1 aliphatic heterocycles. The molecule has 0 saturated carbocycles. The maximum atomic E-state index is 13.0. The maximum Gasteiger partial charge on any atom is 0.322 e. The van der Waals surface area contributed by atoms with Crippen molar-refractivity contribution >= 4 is 11.6 Å². The van der Waals surface area contributed by atoms with Gasteiger partial charge in [-0.25, -0.2) is 4.79 Å². The first-order valence-electron chi connectivity index (χ1n) is 11.1. The summed E-state index contributed by atoms with van der Waals surface area (Å²) in [5.74, 6) is 0.930. The summed E-state index contributed by atoms with van der Waals surface area (Å²) in [5.41, 5.74) is 6.96. The van der Waals surface area contributed by atoms with Gasteiger partial charge >= 0.3 is 6.03 Å². The second-order valence-corrected chi connectivity index (χ2v) is 8.52. The molecule has 7 nitrogen and oxygen atoms in total. The highest BCUT2D eigenvalue weighted by atomic mass is 16.5. The minimum atomic E-state index is -0.388. The standard InChI is InChI=1S/C26H30N4O3/c1-16-8-6-9-21(14-16)24-28-25(33-29-24)22-19(4)30(12-7-13-32-5)26(31)27-23(22)20-11-10-17(2)18(3)15-20/h6,8-11,14-15,23H,7,12-13H2,1-5H3,(H,27,31). The fourth-order valence-electron chi connectivity index (χ4n) is 4.12. The number of ether oxygens (including phenoxy) is 1. The van der Waals surface area contributed by atoms with Crippen LogP contribution >= 0.6 is 0 Å². The highest BCUT2D eigenvalue weighted by Gasteiger charge is 2.35. The Balaban J connectivity index is 1.79. The van der Waals surface area contributed by atoms with E-state index in [4.69, 9.17) is 14.2 Å². The first-order valence-corrected chi connectivity index (χ1v) is 11.1. The SMILES string of the molecule is COCCCN1C(=O)NC(c2ccc(C)c(C)c2)C(c2nc(-c3cccc(C)c3)no2)=C1C. The number of hydrogen-bond donors (Lipinski definition) is 1. The highest BCUT2D eigenvalue weighted by Crippen LogP contribution is 2.37. The lowest BCUT2D eigenvalue weighted by molar-refractivity contribution is 0.174. The molecule has 2 aromatic carbocycles. The van der Waals surface area contributed by atoms with Crippen LogP contribution in [0.1, 0.15) is 47.5 Å². The lowest BCUT2D eigenvalue weighted by Gasteiger charge is -2.35. The molecule has 0 radical (unpaired) electrons. The van der Waals surface area contributed by atoms with E-state index in [9.17, 15) is 4.79 Å². The number of aryl methyl sites for hydroxylation is 3. The van der Waals surface area contributed by atoms with Crippen molar-refractivity contribution in [1.29, 1.82) is 0 Å². The second kappa shape index (κ2) is 9.58. The number of aromatic nitrogens is 2. The van der Waals surface area contributed by atoms with E-state index in [1.165, 1.54) is 5.56 Å². The molecule has 1 unspecified atom stereocenters. The summed E-state index contributed by atoms with van der Waals surface area (Å²) in [5, 5.41) is 7.40. The Morgan fingerprint density at radius 3 is 2.64 bits per heavy atom. The summed E-state index contributed by atoms with van der Waals surface area (Å²) < 4.78 is 10.9. The summed E-state index contributed by atoms with van der Waals surface area (Å²) in [6, 6.07) is 13.7. The molecular weight excluding hydrogens is 416 g/mol. The first kappa shape index (κ1) is 22.7. The van der Waals surface area contributed by atoms with Gasteiger partial charge in [0.1, 0.15) is 0 Å². The third kappa shape index (κ3) is 4.68. The van der Waals surface area contributed by atoms with Gasteiger partial charge in [0.25, 0.3) is 5.89 Å². The van der Waals surface area contributed by atoms with Crippen LogP contribution in [0.2, 0.25) is 0 Å². The van der Waals surface area contributed by atoms with Crippen LogP contribution in [0.15, 0.2) is 52.7 Å². The van der Waals surface area contributed by atoms with Crippen molar-refractivity contribution in [2.75, 3.05) is 20.3 Å². The Bertz CT molecular complexity index is 1200. The zero-order chi connectivity index (χ0) is 23.5. The second-order valence-electron chi connectivity index (χ2n) is 8.52. The lowest BCUT2D eigenvalue weighted by atomic mass is 9.92. The van der Waals surface area contributed by atoms with Crippen molar-refractivity contribution in [1.82, 2.24) is 20.4 Å². The van der Waals surface area contributed by atoms with Crippen molar-refractivity contribution < 1.29 is 14.1 Å². The van der Waals surface area contributed by atoms with E-state index in [0.717, 1.165) is 39.9 Å². The molecule has 7 heteroatoms. The predicted octanol–water partition coefficient (Wildman–Crippen LogP) is 5.20. The molecule has 0 spiro atoms.